The van der Waals surface area contributed by atoms with Crippen molar-refractivity contribution in [2.45, 2.75) is 33.4 Å². The van der Waals surface area contributed by atoms with E-state index in [1.54, 1.807) is 12.1 Å². The predicted molar refractivity (Wildman–Crippen MR) is 65.2 cm³/mol. The van der Waals surface area contributed by atoms with E-state index in [0.717, 1.165) is 25.1 Å². The molecular formula is C14H18BrFN2. The third-order valence-corrected chi connectivity index (χ3v) is 2.96. The van der Waals surface area contributed by atoms with Gasteiger partial charge >= 0.3 is 0 Å². The fourth-order valence-corrected chi connectivity index (χ4v) is 2.02. The first kappa shape index (κ1) is 14.9. The highest BCUT2D eigenvalue weighted by Gasteiger charge is 2.11. The molecule has 0 aliphatic heterocycles. The number of imidazole rings is 1. The molecule has 1 heterocycles. The lowest BCUT2D eigenvalue weighted by Gasteiger charge is -2.01. The number of halogens is 2. The first-order chi connectivity index (χ1) is 8.20. The van der Waals surface area contributed by atoms with Crippen molar-refractivity contribution in [3.8, 4) is 0 Å². The lowest BCUT2D eigenvalue weighted by Crippen LogP contribution is -3.00. The molecule has 2 aromatic rings. The van der Waals surface area contributed by atoms with Gasteiger partial charge in [0.05, 0.1) is 6.54 Å². The zero-order valence-electron chi connectivity index (χ0n) is 10.7. The highest BCUT2D eigenvalue weighted by molar-refractivity contribution is 5.15. The molecule has 0 saturated heterocycles. The highest BCUT2D eigenvalue weighted by Crippen LogP contribution is 2.04. The minimum absolute atomic E-state index is 0. The molecule has 0 spiro atoms. The van der Waals surface area contributed by atoms with Gasteiger partial charge in [-0.05, 0) is 24.1 Å². The number of aryl methyl sites for hydroxylation is 1. The van der Waals surface area contributed by atoms with Gasteiger partial charge in [0, 0.05) is 6.92 Å². The van der Waals surface area contributed by atoms with Gasteiger partial charge in [0.15, 0.2) is 0 Å². The Labute approximate surface area is 118 Å². The molecular weight excluding hydrogens is 295 g/mol. The predicted octanol–water partition coefficient (Wildman–Crippen LogP) is -0.315. The minimum Gasteiger partial charge on any atom is -1.00 e. The monoisotopic (exact) mass is 312 g/mol. The first-order valence-corrected chi connectivity index (χ1v) is 6.00. The van der Waals surface area contributed by atoms with Gasteiger partial charge in [0.25, 0.3) is 5.82 Å². The summed E-state index contributed by atoms with van der Waals surface area (Å²) in [6.45, 7) is 6.01. The maximum atomic E-state index is 13.1. The topological polar surface area (TPSA) is 8.81 Å². The zero-order valence-corrected chi connectivity index (χ0v) is 12.3. The second-order valence-electron chi connectivity index (χ2n) is 4.30. The number of rotatable bonds is 4. The summed E-state index contributed by atoms with van der Waals surface area (Å²) in [5.41, 5.74) is 0.993. The zero-order chi connectivity index (χ0) is 12.3. The van der Waals surface area contributed by atoms with E-state index in [1.807, 2.05) is 6.07 Å². The summed E-state index contributed by atoms with van der Waals surface area (Å²) in [7, 11) is 0. The highest BCUT2D eigenvalue weighted by atomic mass is 79.9. The van der Waals surface area contributed by atoms with E-state index < -0.39 is 0 Å². The first-order valence-electron chi connectivity index (χ1n) is 6.00. The summed E-state index contributed by atoms with van der Waals surface area (Å²) < 4.78 is 17.4. The van der Waals surface area contributed by atoms with Crippen molar-refractivity contribution in [1.82, 2.24) is 4.57 Å². The Bertz CT molecular complexity index is 508. The largest absolute Gasteiger partial charge is 1.00 e. The maximum Gasteiger partial charge on any atom is 0.253 e. The van der Waals surface area contributed by atoms with Crippen LogP contribution in [-0.4, -0.2) is 4.57 Å². The van der Waals surface area contributed by atoms with Crippen LogP contribution in [0.4, 0.5) is 4.39 Å². The number of hydrogen-bond acceptors (Lipinski definition) is 0. The summed E-state index contributed by atoms with van der Waals surface area (Å²) >= 11 is 0. The van der Waals surface area contributed by atoms with Crippen molar-refractivity contribution in [1.29, 1.82) is 0 Å². The molecule has 0 bridgehead atoms. The lowest BCUT2D eigenvalue weighted by molar-refractivity contribution is -0.694. The summed E-state index contributed by atoms with van der Waals surface area (Å²) in [6, 6.07) is 6.77. The van der Waals surface area contributed by atoms with Gasteiger partial charge in [-0.15, -0.1) is 0 Å². The minimum atomic E-state index is -0.172. The molecule has 0 aliphatic carbocycles. The van der Waals surface area contributed by atoms with E-state index in [2.05, 4.69) is 35.4 Å². The van der Waals surface area contributed by atoms with Crippen molar-refractivity contribution in [2.24, 2.45) is 0 Å². The molecule has 2 rings (SSSR count). The van der Waals surface area contributed by atoms with Crippen LogP contribution in [0.5, 0.6) is 0 Å². The summed E-state index contributed by atoms with van der Waals surface area (Å²) in [6.07, 6.45) is 5.25. The standard InChI is InChI=1S/C14H18FN2.BrH/c1-3-7-16-8-9-17(12(16)2)11-13-5-4-6-14(15)10-13;/h4-6,8-10H,3,7,11H2,1-2H3;1H/q+1;/p-1. The summed E-state index contributed by atoms with van der Waals surface area (Å²) in [4.78, 5) is 0. The molecule has 0 atom stereocenters. The third kappa shape index (κ3) is 3.42. The fraction of sp³-hybridized carbons (Fsp3) is 0.357. The van der Waals surface area contributed by atoms with Crippen LogP contribution in [0.25, 0.3) is 0 Å². The molecule has 18 heavy (non-hydrogen) atoms. The van der Waals surface area contributed by atoms with Gasteiger partial charge in [-0.2, -0.15) is 0 Å². The SMILES string of the molecule is CCCn1cc[n+](Cc2cccc(F)c2)c1C.[Br-]. The second-order valence-corrected chi connectivity index (χ2v) is 4.30. The van der Waals surface area contributed by atoms with Crippen LogP contribution in [0.3, 0.4) is 0 Å². The van der Waals surface area contributed by atoms with E-state index in [4.69, 9.17) is 0 Å². The molecule has 1 aromatic heterocycles. The van der Waals surface area contributed by atoms with Crippen molar-refractivity contribution in [3.63, 3.8) is 0 Å². The number of hydrogen-bond donors (Lipinski definition) is 0. The Kier molecular flexibility index (Phi) is 5.54. The third-order valence-electron chi connectivity index (χ3n) is 2.96. The van der Waals surface area contributed by atoms with Crippen LogP contribution in [0.2, 0.25) is 0 Å². The van der Waals surface area contributed by atoms with Crippen molar-refractivity contribution in [2.75, 3.05) is 0 Å². The maximum absolute atomic E-state index is 13.1. The Morgan fingerprint density at radius 1 is 1.33 bits per heavy atom. The fourth-order valence-electron chi connectivity index (χ4n) is 2.02. The van der Waals surface area contributed by atoms with Gasteiger partial charge in [-0.25, -0.2) is 13.5 Å². The molecule has 4 heteroatoms. The Balaban J connectivity index is 0.00000162. The van der Waals surface area contributed by atoms with Crippen LogP contribution in [-0.2, 0) is 13.1 Å². The van der Waals surface area contributed by atoms with Crippen LogP contribution in [0, 0.1) is 12.7 Å². The van der Waals surface area contributed by atoms with Gasteiger partial charge in [-0.1, -0.05) is 19.1 Å². The van der Waals surface area contributed by atoms with Crippen LogP contribution < -0.4 is 21.5 Å². The smallest absolute Gasteiger partial charge is 0.253 e. The van der Waals surface area contributed by atoms with Crippen LogP contribution in [0.1, 0.15) is 24.7 Å². The molecule has 0 fully saturated rings. The lowest BCUT2D eigenvalue weighted by atomic mass is 10.2. The molecule has 98 valence electrons. The molecule has 0 amide bonds. The Hall–Kier alpha value is -1.16. The van der Waals surface area contributed by atoms with Crippen molar-refractivity contribution < 1.29 is 25.9 Å². The molecule has 1 aromatic carbocycles. The Morgan fingerprint density at radius 3 is 2.78 bits per heavy atom. The number of nitrogens with zero attached hydrogens (tertiary/aromatic N) is 2. The normalized spacial score (nSPS) is 10.2. The van der Waals surface area contributed by atoms with E-state index in [1.165, 1.54) is 11.9 Å². The van der Waals surface area contributed by atoms with E-state index in [9.17, 15) is 4.39 Å². The van der Waals surface area contributed by atoms with Crippen LogP contribution in [0.15, 0.2) is 36.7 Å². The molecule has 0 radical (unpaired) electrons. The van der Waals surface area contributed by atoms with Gasteiger partial charge in [-0.3, -0.25) is 0 Å². The number of benzene rings is 1. The number of aromatic nitrogens is 2. The molecule has 0 aliphatic rings. The van der Waals surface area contributed by atoms with Crippen molar-refractivity contribution >= 4 is 0 Å². The van der Waals surface area contributed by atoms with E-state index in [0.29, 0.717) is 0 Å². The molecule has 0 N–H and O–H groups in total. The van der Waals surface area contributed by atoms with E-state index in [-0.39, 0.29) is 22.8 Å². The van der Waals surface area contributed by atoms with Crippen LogP contribution >= 0.6 is 0 Å². The average Bonchev–Trinajstić information content (AvgIpc) is 2.62. The molecule has 0 saturated carbocycles. The van der Waals surface area contributed by atoms with Gasteiger partial charge < -0.3 is 17.0 Å². The van der Waals surface area contributed by atoms with Crippen molar-refractivity contribution in [3.05, 3.63) is 53.9 Å². The van der Waals surface area contributed by atoms with Gasteiger partial charge in [0.1, 0.15) is 24.8 Å². The van der Waals surface area contributed by atoms with E-state index >= 15 is 0 Å². The second kappa shape index (κ2) is 6.69. The molecule has 2 nitrogen and oxygen atoms in total. The molecule has 0 unspecified atom stereocenters. The summed E-state index contributed by atoms with van der Waals surface area (Å²) in [5.74, 6) is 1.03. The quantitative estimate of drug-likeness (QED) is 0.685. The average molecular weight is 313 g/mol. The Morgan fingerprint density at radius 2 is 2.11 bits per heavy atom. The summed E-state index contributed by atoms with van der Waals surface area (Å²) in [5, 5.41) is 0. The van der Waals surface area contributed by atoms with Gasteiger partial charge in [0.2, 0.25) is 0 Å².